The van der Waals surface area contributed by atoms with Crippen LogP contribution in [0.4, 0.5) is 10.1 Å². The van der Waals surface area contributed by atoms with E-state index in [4.69, 9.17) is 0 Å². The Hall–Kier alpha value is -3.18. The summed E-state index contributed by atoms with van der Waals surface area (Å²) >= 11 is 0. The molecule has 0 aliphatic carbocycles. The molecule has 0 radical (unpaired) electrons. The van der Waals surface area contributed by atoms with E-state index < -0.39 is 0 Å². The van der Waals surface area contributed by atoms with Gasteiger partial charge in [0.1, 0.15) is 11.9 Å². The molecular weight excluding hydrogens is 375 g/mol. The van der Waals surface area contributed by atoms with Crippen molar-refractivity contribution in [2.24, 2.45) is 0 Å². The Morgan fingerprint density at radius 1 is 1.00 bits per heavy atom. The highest BCUT2D eigenvalue weighted by Crippen LogP contribution is 2.30. The highest BCUT2D eigenvalue weighted by atomic mass is 19.1. The van der Waals surface area contributed by atoms with Gasteiger partial charge < -0.3 is 14.8 Å². The summed E-state index contributed by atoms with van der Waals surface area (Å²) in [5.41, 5.74) is 5.64. The molecule has 0 spiro atoms. The maximum Gasteiger partial charge on any atom is 0.146 e. The maximum absolute atomic E-state index is 14.3. The van der Waals surface area contributed by atoms with Crippen LogP contribution in [0.2, 0.25) is 0 Å². The number of hydrogen-bond donors (Lipinski definition) is 2. The van der Waals surface area contributed by atoms with Crippen LogP contribution in [0.25, 0.3) is 10.9 Å². The first-order chi connectivity index (χ1) is 14.7. The lowest BCUT2D eigenvalue weighted by molar-refractivity contribution is -0.926. The number of aromatic amines is 1. The van der Waals surface area contributed by atoms with E-state index >= 15 is 0 Å². The van der Waals surface area contributed by atoms with Crippen LogP contribution in [-0.4, -0.2) is 36.1 Å². The van der Waals surface area contributed by atoms with Gasteiger partial charge in [-0.3, -0.25) is 4.98 Å². The van der Waals surface area contributed by atoms with Gasteiger partial charge in [-0.1, -0.05) is 30.3 Å². The fourth-order valence-corrected chi connectivity index (χ4v) is 4.86. The fourth-order valence-electron chi connectivity index (χ4n) is 4.86. The zero-order valence-corrected chi connectivity index (χ0v) is 17.1. The Labute approximate surface area is 176 Å². The molecule has 1 saturated heterocycles. The van der Waals surface area contributed by atoms with Crippen LogP contribution in [0.3, 0.4) is 0 Å². The van der Waals surface area contributed by atoms with Crippen molar-refractivity contribution in [1.29, 1.82) is 0 Å². The molecule has 2 aromatic carbocycles. The van der Waals surface area contributed by atoms with Gasteiger partial charge in [-0.2, -0.15) is 0 Å². The zero-order valence-electron chi connectivity index (χ0n) is 17.1. The molecule has 30 heavy (non-hydrogen) atoms. The number of para-hydroxylation sites is 2. The van der Waals surface area contributed by atoms with Gasteiger partial charge in [0, 0.05) is 40.1 Å². The van der Waals surface area contributed by atoms with Crippen molar-refractivity contribution in [3.63, 3.8) is 0 Å². The van der Waals surface area contributed by atoms with Crippen LogP contribution in [0, 0.1) is 12.7 Å². The molecule has 152 valence electrons. The average molecular weight is 402 g/mol. The lowest BCUT2D eigenvalue weighted by Gasteiger charge is -2.38. The number of piperazine rings is 1. The number of aryl methyl sites for hydroxylation is 1. The summed E-state index contributed by atoms with van der Waals surface area (Å²) in [6.07, 6.45) is 3.82. The standard InChI is InChI=1S/C25H25FN4/c1-18-24(20-8-2-4-10-22(20)28-18)25(19-7-6-12-27-17-19)30-15-13-29(14-16-30)23-11-5-3-9-21(23)26/h2-12,17,25,28H,13-16H2,1H3/p+1. The first-order valence-electron chi connectivity index (χ1n) is 10.5. The number of pyridine rings is 1. The molecule has 4 nitrogen and oxygen atoms in total. The zero-order chi connectivity index (χ0) is 20.5. The number of nitrogens with one attached hydrogen (secondary N) is 2. The molecule has 4 aromatic rings. The predicted octanol–water partition coefficient (Wildman–Crippen LogP) is 3.50. The van der Waals surface area contributed by atoms with Crippen LogP contribution in [0.5, 0.6) is 0 Å². The highest BCUT2D eigenvalue weighted by molar-refractivity contribution is 5.85. The van der Waals surface area contributed by atoms with E-state index in [1.807, 2.05) is 30.6 Å². The first-order valence-corrected chi connectivity index (χ1v) is 10.5. The Morgan fingerprint density at radius 2 is 1.77 bits per heavy atom. The molecule has 0 amide bonds. The van der Waals surface area contributed by atoms with Gasteiger partial charge in [-0.25, -0.2) is 4.39 Å². The summed E-state index contributed by atoms with van der Waals surface area (Å²) in [4.78, 5) is 11.6. The lowest BCUT2D eigenvalue weighted by atomic mass is 9.95. The number of H-pyrrole nitrogens is 1. The smallest absolute Gasteiger partial charge is 0.146 e. The van der Waals surface area contributed by atoms with E-state index in [0.717, 1.165) is 26.2 Å². The molecule has 0 saturated carbocycles. The predicted molar refractivity (Wildman–Crippen MR) is 118 cm³/mol. The van der Waals surface area contributed by atoms with E-state index in [1.54, 1.807) is 12.1 Å². The second-order valence-corrected chi connectivity index (χ2v) is 8.03. The minimum atomic E-state index is -0.141. The number of aromatic nitrogens is 2. The van der Waals surface area contributed by atoms with E-state index in [2.05, 4.69) is 52.1 Å². The van der Waals surface area contributed by atoms with Gasteiger partial charge in [-0.15, -0.1) is 0 Å². The van der Waals surface area contributed by atoms with Crippen molar-refractivity contribution in [3.05, 3.63) is 95.7 Å². The summed E-state index contributed by atoms with van der Waals surface area (Å²) < 4.78 is 14.3. The van der Waals surface area contributed by atoms with Crippen LogP contribution in [0.15, 0.2) is 73.1 Å². The number of anilines is 1. The normalized spacial score (nSPS) is 16.1. The number of fused-ring (bicyclic) bond motifs is 1. The molecule has 5 rings (SSSR count). The van der Waals surface area contributed by atoms with Gasteiger partial charge in [0.05, 0.1) is 31.9 Å². The van der Waals surface area contributed by atoms with Crippen molar-refractivity contribution in [3.8, 4) is 0 Å². The third-order valence-electron chi connectivity index (χ3n) is 6.26. The highest BCUT2D eigenvalue weighted by Gasteiger charge is 2.33. The molecule has 0 bridgehead atoms. The number of benzene rings is 2. The van der Waals surface area contributed by atoms with Crippen molar-refractivity contribution >= 4 is 16.6 Å². The number of nitrogens with zero attached hydrogens (tertiary/aromatic N) is 2. The molecule has 1 aliphatic rings. The van der Waals surface area contributed by atoms with Gasteiger partial charge in [0.2, 0.25) is 0 Å². The van der Waals surface area contributed by atoms with Gasteiger partial charge >= 0.3 is 0 Å². The molecule has 1 unspecified atom stereocenters. The Morgan fingerprint density at radius 3 is 2.53 bits per heavy atom. The molecular formula is C25H26FN4+. The molecule has 1 atom stereocenters. The average Bonchev–Trinajstić information content (AvgIpc) is 3.11. The third kappa shape index (κ3) is 3.35. The quantitative estimate of drug-likeness (QED) is 0.549. The number of rotatable bonds is 4. The van der Waals surface area contributed by atoms with Gasteiger partial charge in [0.25, 0.3) is 0 Å². The Bertz CT molecular complexity index is 1150. The summed E-state index contributed by atoms with van der Waals surface area (Å²) in [5.74, 6) is -0.141. The molecule has 2 N–H and O–H groups in total. The van der Waals surface area contributed by atoms with Gasteiger partial charge in [-0.05, 0) is 37.3 Å². The van der Waals surface area contributed by atoms with Crippen LogP contribution >= 0.6 is 0 Å². The minimum absolute atomic E-state index is 0.141. The van der Waals surface area contributed by atoms with Crippen molar-refractivity contribution in [1.82, 2.24) is 9.97 Å². The number of hydrogen-bond acceptors (Lipinski definition) is 2. The Kier molecular flexibility index (Phi) is 4.97. The van der Waals surface area contributed by atoms with Crippen LogP contribution < -0.4 is 9.80 Å². The van der Waals surface area contributed by atoms with E-state index in [1.165, 1.54) is 32.6 Å². The fraction of sp³-hybridized carbons (Fsp3) is 0.240. The third-order valence-corrected chi connectivity index (χ3v) is 6.26. The lowest BCUT2D eigenvalue weighted by Crippen LogP contribution is -3.15. The van der Waals surface area contributed by atoms with Crippen molar-refractivity contribution < 1.29 is 9.29 Å². The molecule has 2 aromatic heterocycles. The van der Waals surface area contributed by atoms with E-state index in [-0.39, 0.29) is 11.9 Å². The van der Waals surface area contributed by atoms with Crippen molar-refractivity contribution in [2.75, 3.05) is 31.1 Å². The second-order valence-electron chi connectivity index (χ2n) is 8.03. The summed E-state index contributed by atoms with van der Waals surface area (Å²) in [5, 5.41) is 1.27. The second kappa shape index (κ2) is 7.92. The first kappa shape index (κ1) is 18.8. The summed E-state index contributed by atoms with van der Waals surface area (Å²) in [6.45, 7) is 5.69. The molecule has 5 heteroatoms. The van der Waals surface area contributed by atoms with E-state index in [0.29, 0.717) is 5.69 Å². The summed E-state index contributed by atoms with van der Waals surface area (Å²) in [6, 6.07) is 20.0. The van der Waals surface area contributed by atoms with Crippen molar-refractivity contribution in [2.45, 2.75) is 13.0 Å². The minimum Gasteiger partial charge on any atom is -0.358 e. The molecule has 3 heterocycles. The SMILES string of the molecule is Cc1[nH]c2ccccc2c1C(c1cccnc1)[NH+]1CCN(c2ccccc2F)CC1. The molecule has 1 fully saturated rings. The monoisotopic (exact) mass is 401 g/mol. The van der Waals surface area contributed by atoms with E-state index in [9.17, 15) is 4.39 Å². The number of halogens is 1. The summed E-state index contributed by atoms with van der Waals surface area (Å²) in [7, 11) is 0. The molecule has 1 aliphatic heterocycles. The largest absolute Gasteiger partial charge is 0.358 e. The van der Waals surface area contributed by atoms with Crippen LogP contribution in [-0.2, 0) is 0 Å². The number of quaternary nitrogens is 1. The van der Waals surface area contributed by atoms with Crippen LogP contribution in [0.1, 0.15) is 22.9 Å². The topological polar surface area (TPSA) is 36.4 Å². The Balaban J connectivity index is 1.50. The van der Waals surface area contributed by atoms with Gasteiger partial charge in [0.15, 0.2) is 0 Å². The maximum atomic E-state index is 14.3.